The lowest BCUT2D eigenvalue weighted by molar-refractivity contribution is -0.526. The van der Waals surface area contributed by atoms with Crippen LogP contribution in [0.5, 0.6) is 0 Å². The molecule has 2 bridgehead atoms. The minimum Gasteiger partial charge on any atom is -0.264 e. The molecule has 4 atom stereocenters. The molecule has 0 aliphatic heterocycles. The monoisotopic (exact) mass is 459 g/mol. The van der Waals surface area contributed by atoms with Crippen LogP contribution in [0.25, 0.3) is 0 Å². The van der Waals surface area contributed by atoms with Gasteiger partial charge in [0.1, 0.15) is 5.25 Å². The molecule has 30 heavy (non-hydrogen) atoms. The van der Waals surface area contributed by atoms with Crippen LogP contribution in [0.1, 0.15) is 34.1 Å². The molecule has 3 aliphatic carbocycles. The number of hydrogen-bond donors (Lipinski definition) is 0. The fourth-order valence-electron chi connectivity index (χ4n) is 5.07. The normalized spacial score (nSPS) is 24.2. The predicted octanol–water partition coefficient (Wildman–Crippen LogP) is 5.07. The highest BCUT2D eigenvalue weighted by Crippen LogP contribution is 2.59. The summed E-state index contributed by atoms with van der Waals surface area (Å²) in [7, 11) is -4.05. The van der Waals surface area contributed by atoms with E-state index in [2.05, 4.69) is 0 Å². The van der Waals surface area contributed by atoms with Crippen LogP contribution < -0.4 is 0 Å². The zero-order valence-electron chi connectivity index (χ0n) is 15.4. The molecule has 152 valence electrons. The topological polar surface area (TPSA) is 77.3 Å². The van der Waals surface area contributed by atoms with Gasteiger partial charge in [-0.25, -0.2) is 8.42 Å². The largest absolute Gasteiger partial charge is 0.264 e. The summed E-state index contributed by atoms with van der Waals surface area (Å²) in [5.41, 5.74) is 2.63. The van der Waals surface area contributed by atoms with E-state index in [4.69, 9.17) is 23.2 Å². The molecule has 2 unspecified atom stereocenters. The zero-order valence-corrected chi connectivity index (χ0v) is 17.7. The summed E-state index contributed by atoms with van der Waals surface area (Å²) in [5, 5.41) is 11.8. The van der Waals surface area contributed by atoms with Crippen LogP contribution in [-0.2, 0) is 9.84 Å². The molecule has 0 saturated heterocycles. The average Bonchev–Trinajstić information content (AvgIpc) is 2.74. The molecule has 3 aliphatic rings. The highest BCUT2D eigenvalue weighted by Gasteiger charge is 2.61. The Labute approximate surface area is 183 Å². The SMILES string of the molecule is O=[N+]([O-])C1C(S(=O)(=O)c2ccccc2)[C@H]2c3cccc(Cl)c3[C@@H]1c1cccc(Cl)c12. The van der Waals surface area contributed by atoms with E-state index in [9.17, 15) is 18.5 Å². The molecule has 3 aromatic carbocycles. The van der Waals surface area contributed by atoms with Gasteiger partial charge in [0.05, 0.1) is 10.8 Å². The number of nitrogens with zero attached hydrogens (tertiary/aromatic N) is 1. The number of sulfone groups is 1. The van der Waals surface area contributed by atoms with E-state index < -0.39 is 37.9 Å². The van der Waals surface area contributed by atoms with Crippen LogP contribution in [0.4, 0.5) is 0 Å². The third-order valence-electron chi connectivity index (χ3n) is 6.15. The number of halogens is 2. The summed E-state index contributed by atoms with van der Waals surface area (Å²) < 4.78 is 27.5. The van der Waals surface area contributed by atoms with E-state index in [1.807, 2.05) is 0 Å². The second-order valence-electron chi connectivity index (χ2n) is 7.54. The summed E-state index contributed by atoms with van der Waals surface area (Å²) in [6, 6.07) is 16.9. The van der Waals surface area contributed by atoms with Crippen molar-refractivity contribution in [2.24, 2.45) is 0 Å². The van der Waals surface area contributed by atoms with Crippen molar-refractivity contribution < 1.29 is 13.3 Å². The van der Waals surface area contributed by atoms with Gasteiger partial charge in [-0.1, -0.05) is 65.7 Å². The molecule has 0 heterocycles. The Hall–Kier alpha value is -2.41. The molecule has 6 rings (SSSR count). The van der Waals surface area contributed by atoms with Gasteiger partial charge in [0.25, 0.3) is 0 Å². The van der Waals surface area contributed by atoms with Crippen molar-refractivity contribution in [3.8, 4) is 0 Å². The molecule has 0 saturated carbocycles. The van der Waals surface area contributed by atoms with Crippen LogP contribution in [0.15, 0.2) is 71.6 Å². The first-order valence-electron chi connectivity index (χ1n) is 9.33. The van der Waals surface area contributed by atoms with E-state index in [1.54, 1.807) is 54.6 Å². The molecular weight excluding hydrogens is 445 g/mol. The van der Waals surface area contributed by atoms with Crippen LogP contribution >= 0.6 is 23.2 Å². The van der Waals surface area contributed by atoms with Crippen molar-refractivity contribution in [3.05, 3.63) is 109 Å². The Morgan fingerprint density at radius 1 is 0.767 bits per heavy atom. The summed E-state index contributed by atoms with van der Waals surface area (Å²) >= 11 is 13.0. The van der Waals surface area contributed by atoms with Crippen LogP contribution in [-0.4, -0.2) is 24.6 Å². The number of rotatable bonds is 3. The molecule has 0 fully saturated rings. The van der Waals surface area contributed by atoms with E-state index >= 15 is 0 Å². The fourth-order valence-corrected chi connectivity index (χ4v) is 7.79. The minimum absolute atomic E-state index is 0.0616. The Kier molecular flexibility index (Phi) is 4.43. The first kappa shape index (κ1) is 19.5. The highest BCUT2D eigenvalue weighted by atomic mass is 35.5. The lowest BCUT2D eigenvalue weighted by Gasteiger charge is -2.46. The Morgan fingerprint density at radius 3 is 1.87 bits per heavy atom. The van der Waals surface area contributed by atoms with Crippen molar-refractivity contribution in [1.29, 1.82) is 0 Å². The molecule has 0 radical (unpaired) electrons. The van der Waals surface area contributed by atoms with Crippen molar-refractivity contribution in [2.45, 2.75) is 28.0 Å². The van der Waals surface area contributed by atoms with E-state index in [0.717, 1.165) is 0 Å². The van der Waals surface area contributed by atoms with Gasteiger partial charge in [0, 0.05) is 20.9 Å². The third-order valence-corrected chi connectivity index (χ3v) is 9.00. The van der Waals surface area contributed by atoms with Gasteiger partial charge in [-0.2, -0.15) is 0 Å². The Bertz CT molecular complexity index is 1290. The van der Waals surface area contributed by atoms with Crippen LogP contribution in [0, 0.1) is 10.1 Å². The smallest absolute Gasteiger partial charge is 0.241 e. The van der Waals surface area contributed by atoms with Gasteiger partial charge in [-0.3, -0.25) is 10.1 Å². The van der Waals surface area contributed by atoms with Crippen LogP contribution in [0.3, 0.4) is 0 Å². The Morgan fingerprint density at radius 2 is 1.30 bits per heavy atom. The fraction of sp³-hybridized carbons (Fsp3) is 0.182. The number of fused-ring (bicyclic) bond motifs is 1. The predicted molar refractivity (Wildman–Crippen MR) is 115 cm³/mol. The molecular formula is C22H15Cl2NO4S. The van der Waals surface area contributed by atoms with Crippen molar-refractivity contribution in [1.82, 2.24) is 0 Å². The number of nitro groups is 1. The number of hydrogen-bond acceptors (Lipinski definition) is 4. The van der Waals surface area contributed by atoms with Gasteiger partial charge in [-0.05, 0) is 46.5 Å². The number of benzene rings is 3. The minimum atomic E-state index is -4.05. The summed E-state index contributed by atoms with van der Waals surface area (Å²) in [5.74, 6) is -1.58. The molecule has 0 aromatic heterocycles. The molecule has 0 amide bonds. The highest BCUT2D eigenvalue weighted by molar-refractivity contribution is 7.92. The first-order chi connectivity index (χ1) is 14.3. The maximum absolute atomic E-state index is 13.7. The van der Waals surface area contributed by atoms with Gasteiger partial charge in [0.15, 0.2) is 9.84 Å². The average molecular weight is 460 g/mol. The van der Waals surface area contributed by atoms with Crippen molar-refractivity contribution in [3.63, 3.8) is 0 Å². The second-order valence-corrected chi connectivity index (χ2v) is 10.5. The molecule has 0 spiro atoms. The quantitative estimate of drug-likeness (QED) is 0.404. The summed E-state index contributed by atoms with van der Waals surface area (Å²) in [4.78, 5) is 11.9. The van der Waals surface area contributed by atoms with E-state index in [-0.39, 0.29) is 4.90 Å². The van der Waals surface area contributed by atoms with Crippen LogP contribution in [0.2, 0.25) is 10.0 Å². The van der Waals surface area contributed by atoms with Gasteiger partial charge < -0.3 is 0 Å². The maximum atomic E-state index is 13.7. The van der Waals surface area contributed by atoms with E-state index in [0.29, 0.717) is 32.3 Å². The molecule has 8 heteroatoms. The Balaban J connectivity index is 1.87. The van der Waals surface area contributed by atoms with Gasteiger partial charge in [-0.15, -0.1) is 0 Å². The summed E-state index contributed by atoms with van der Waals surface area (Å²) in [6.07, 6.45) is 0. The van der Waals surface area contributed by atoms with E-state index in [1.165, 1.54) is 12.1 Å². The summed E-state index contributed by atoms with van der Waals surface area (Å²) in [6.45, 7) is 0. The first-order valence-corrected chi connectivity index (χ1v) is 11.6. The molecule has 3 aromatic rings. The lowest BCUT2D eigenvalue weighted by Crippen LogP contribution is -2.54. The maximum Gasteiger partial charge on any atom is 0.241 e. The third kappa shape index (κ3) is 2.57. The second kappa shape index (κ2) is 6.80. The zero-order chi connectivity index (χ0) is 21.2. The van der Waals surface area contributed by atoms with Gasteiger partial charge in [0.2, 0.25) is 6.04 Å². The standard InChI is InChI=1S/C22H15Cl2NO4S/c23-15-10-5-9-14-17(15)19-13-8-4-11-16(24)18(13)20(14)22(21(19)25(26)27)30(28,29)12-6-2-1-3-7-12/h1-11,19-22H/t19-,20-,21?,22?/m0/s1. The van der Waals surface area contributed by atoms with Crippen molar-refractivity contribution in [2.75, 3.05) is 0 Å². The lowest BCUT2D eigenvalue weighted by atomic mass is 9.61. The molecule has 0 N–H and O–H groups in total. The van der Waals surface area contributed by atoms with Gasteiger partial charge >= 0.3 is 0 Å². The molecule has 5 nitrogen and oxygen atoms in total. The van der Waals surface area contributed by atoms with Crippen molar-refractivity contribution >= 4 is 33.0 Å².